The summed E-state index contributed by atoms with van der Waals surface area (Å²) in [5, 5.41) is 5.88. The lowest BCUT2D eigenvalue weighted by atomic mass is 10.1. The van der Waals surface area contributed by atoms with Gasteiger partial charge in [0.2, 0.25) is 5.91 Å². The van der Waals surface area contributed by atoms with E-state index in [9.17, 15) is 9.59 Å². The van der Waals surface area contributed by atoms with E-state index >= 15 is 0 Å². The van der Waals surface area contributed by atoms with E-state index in [0.29, 0.717) is 16.3 Å². The van der Waals surface area contributed by atoms with Crippen molar-refractivity contribution in [2.24, 2.45) is 0 Å². The fourth-order valence-electron chi connectivity index (χ4n) is 2.36. The minimum Gasteiger partial charge on any atom is -0.496 e. The summed E-state index contributed by atoms with van der Waals surface area (Å²) in [4.78, 5) is 24.6. The first-order chi connectivity index (χ1) is 12.3. The van der Waals surface area contributed by atoms with Crippen molar-refractivity contribution in [3.8, 4) is 5.75 Å². The minimum absolute atomic E-state index is 0.232. The van der Waals surface area contributed by atoms with Gasteiger partial charge in [0.05, 0.1) is 28.2 Å². The van der Waals surface area contributed by atoms with Crippen molar-refractivity contribution in [1.29, 1.82) is 0 Å². The lowest BCUT2D eigenvalue weighted by molar-refractivity contribution is -0.123. The van der Waals surface area contributed by atoms with Gasteiger partial charge in [-0.2, -0.15) is 0 Å². The van der Waals surface area contributed by atoms with Gasteiger partial charge in [-0.3, -0.25) is 9.59 Å². The zero-order valence-electron chi connectivity index (χ0n) is 14.7. The van der Waals surface area contributed by atoms with Crippen LogP contribution in [0.5, 0.6) is 5.75 Å². The highest BCUT2D eigenvalue weighted by molar-refractivity contribution is 9.10. The predicted octanol–water partition coefficient (Wildman–Crippen LogP) is 4.11. The van der Waals surface area contributed by atoms with Gasteiger partial charge in [0.15, 0.2) is 0 Å². The van der Waals surface area contributed by atoms with Crippen molar-refractivity contribution in [3.05, 3.63) is 63.1 Å². The second-order valence-electron chi connectivity index (χ2n) is 5.80. The Morgan fingerprint density at radius 3 is 2.42 bits per heavy atom. The summed E-state index contributed by atoms with van der Waals surface area (Å²) in [5.41, 5.74) is 1.25. The molecule has 2 unspecified atom stereocenters. The normalized spacial score (nSPS) is 12.8. The van der Waals surface area contributed by atoms with E-state index in [1.54, 1.807) is 38.3 Å². The number of nitrogens with one attached hydrogen (secondary N) is 2. The van der Waals surface area contributed by atoms with Gasteiger partial charge in [0, 0.05) is 0 Å². The lowest BCUT2D eigenvalue weighted by Crippen LogP contribution is -2.45. The average molecular weight is 440 g/mol. The molecule has 2 N–H and O–H groups in total. The van der Waals surface area contributed by atoms with Crippen LogP contribution in [-0.2, 0) is 4.79 Å². The topological polar surface area (TPSA) is 67.4 Å². The van der Waals surface area contributed by atoms with Gasteiger partial charge < -0.3 is 15.4 Å². The van der Waals surface area contributed by atoms with E-state index in [0.717, 1.165) is 10.0 Å². The SMILES string of the molecule is COc1ccc(C(C)NC(=O)C(C)NC(=O)c2ccccc2Cl)cc1Br. The van der Waals surface area contributed by atoms with Crippen LogP contribution < -0.4 is 15.4 Å². The van der Waals surface area contributed by atoms with Gasteiger partial charge in [0.25, 0.3) is 5.91 Å². The molecule has 0 spiro atoms. The number of ether oxygens (including phenoxy) is 1. The van der Waals surface area contributed by atoms with Crippen molar-refractivity contribution in [2.75, 3.05) is 7.11 Å². The molecule has 2 aromatic carbocycles. The first kappa shape index (κ1) is 20.3. The molecule has 0 aliphatic rings. The number of methoxy groups -OCH3 is 1. The number of hydrogen-bond acceptors (Lipinski definition) is 3. The van der Waals surface area contributed by atoms with Crippen LogP contribution >= 0.6 is 27.5 Å². The molecule has 5 nitrogen and oxygen atoms in total. The van der Waals surface area contributed by atoms with Crippen molar-refractivity contribution >= 4 is 39.3 Å². The molecular weight excluding hydrogens is 420 g/mol. The van der Waals surface area contributed by atoms with Crippen molar-refractivity contribution < 1.29 is 14.3 Å². The Labute approximate surface area is 166 Å². The maximum atomic E-state index is 12.4. The van der Waals surface area contributed by atoms with Gasteiger partial charge in [-0.25, -0.2) is 0 Å². The van der Waals surface area contributed by atoms with E-state index in [4.69, 9.17) is 16.3 Å². The highest BCUT2D eigenvalue weighted by Gasteiger charge is 2.20. The third-order valence-corrected chi connectivity index (χ3v) is 4.84. The predicted molar refractivity (Wildman–Crippen MR) is 106 cm³/mol. The van der Waals surface area contributed by atoms with Crippen molar-refractivity contribution in [2.45, 2.75) is 25.9 Å². The molecule has 2 amide bonds. The standard InChI is InChI=1S/C19H20BrClN2O3/c1-11(13-8-9-17(26-3)15(20)10-13)22-18(24)12(2)23-19(25)14-6-4-5-7-16(14)21/h4-12H,1-3H3,(H,22,24)(H,23,25). The summed E-state index contributed by atoms with van der Waals surface area (Å²) in [6.45, 7) is 3.50. The van der Waals surface area contributed by atoms with Crippen molar-refractivity contribution in [3.63, 3.8) is 0 Å². The maximum absolute atomic E-state index is 12.4. The number of carbonyl (C=O) groups excluding carboxylic acids is 2. The second kappa shape index (κ2) is 9.05. The number of rotatable bonds is 6. The molecule has 0 radical (unpaired) electrons. The lowest BCUT2D eigenvalue weighted by Gasteiger charge is -2.19. The van der Waals surface area contributed by atoms with E-state index in [2.05, 4.69) is 26.6 Å². The molecule has 0 bridgehead atoms. The Morgan fingerprint density at radius 2 is 1.81 bits per heavy atom. The molecule has 0 heterocycles. The highest BCUT2D eigenvalue weighted by atomic mass is 79.9. The maximum Gasteiger partial charge on any atom is 0.253 e. The molecule has 2 rings (SSSR count). The van der Waals surface area contributed by atoms with Crippen LogP contribution in [0.4, 0.5) is 0 Å². The summed E-state index contributed by atoms with van der Waals surface area (Å²) in [6, 6.07) is 11.3. The zero-order chi connectivity index (χ0) is 19.3. The summed E-state index contributed by atoms with van der Waals surface area (Å²) < 4.78 is 6.01. The van der Waals surface area contributed by atoms with Gasteiger partial charge in [-0.05, 0) is 59.6 Å². The molecular formula is C19H20BrClN2O3. The molecule has 2 aromatic rings. The molecule has 0 aromatic heterocycles. The van der Waals surface area contributed by atoms with E-state index in [1.807, 2.05) is 25.1 Å². The van der Waals surface area contributed by atoms with Gasteiger partial charge in [0.1, 0.15) is 11.8 Å². The fourth-order valence-corrected chi connectivity index (χ4v) is 3.14. The first-order valence-electron chi connectivity index (χ1n) is 8.02. The summed E-state index contributed by atoms with van der Waals surface area (Å²) >= 11 is 9.44. The Morgan fingerprint density at radius 1 is 1.12 bits per heavy atom. The minimum atomic E-state index is -0.706. The van der Waals surface area contributed by atoms with E-state index in [-0.39, 0.29) is 11.9 Å². The molecule has 2 atom stereocenters. The Kier molecular flexibility index (Phi) is 7.06. The van der Waals surface area contributed by atoms with Crippen LogP contribution in [0.25, 0.3) is 0 Å². The van der Waals surface area contributed by atoms with Gasteiger partial charge in [-0.1, -0.05) is 29.8 Å². The Balaban J connectivity index is 1.99. The van der Waals surface area contributed by atoms with Gasteiger partial charge in [-0.15, -0.1) is 0 Å². The van der Waals surface area contributed by atoms with Crippen LogP contribution in [0.2, 0.25) is 5.02 Å². The monoisotopic (exact) mass is 438 g/mol. The van der Waals surface area contributed by atoms with Crippen molar-refractivity contribution in [1.82, 2.24) is 10.6 Å². The molecule has 0 fully saturated rings. The number of benzene rings is 2. The molecule has 0 saturated heterocycles. The molecule has 0 saturated carbocycles. The highest BCUT2D eigenvalue weighted by Crippen LogP contribution is 2.28. The molecule has 26 heavy (non-hydrogen) atoms. The van der Waals surface area contributed by atoms with Gasteiger partial charge >= 0.3 is 0 Å². The molecule has 0 aliphatic carbocycles. The fraction of sp³-hybridized carbons (Fsp3) is 0.263. The third-order valence-electron chi connectivity index (χ3n) is 3.89. The van der Waals surface area contributed by atoms with Crippen LogP contribution in [0.3, 0.4) is 0 Å². The van der Waals surface area contributed by atoms with E-state index in [1.165, 1.54) is 0 Å². The van der Waals surface area contributed by atoms with Crippen LogP contribution in [0.15, 0.2) is 46.9 Å². The largest absolute Gasteiger partial charge is 0.496 e. The molecule has 7 heteroatoms. The molecule has 138 valence electrons. The number of hydrogen-bond donors (Lipinski definition) is 2. The molecule has 0 aliphatic heterocycles. The van der Waals surface area contributed by atoms with Crippen LogP contribution in [-0.4, -0.2) is 25.0 Å². The second-order valence-corrected chi connectivity index (χ2v) is 7.06. The number of carbonyl (C=O) groups is 2. The Bertz CT molecular complexity index is 813. The average Bonchev–Trinajstić information content (AvgIpc) is 2.61. The summed E-state index contributed by atoms with van der Waals surface area (Å²) in [5.74, 6) is 0.0376. The number of amides is 2. The quantitative estimate of drug-likeness (QED) is 0.712. The van der Waals surface area contributed by atoms with Crippen LogP contribution in [0.1, 0.15) is 35.8 Å². The summed E-state index contributed by atoms with van der Waals surface area (Å²) in [6.07, 6.45) is 0. The zero-order valence-corrected chi connectivity index (χ0v) is 17.0. The first-order valence-corrected chi connectivity index (χ1v) is 9.19. The number of halogens is 2. The van der Waals surface area contributed by atoms with Crippen LogP contribution in [0, 0.1) is 0 Å². The third kappa shape index (κ3) is 4.99. The Hall–Kier alpha value is -2.05. The summed E-state index contributed by atoms with van der Waals surface area (Å²) in [7, 11) is 1.59. The smallest absolute Gasteiger partial charge is 0.253 e. The van der Waals surface area contributed by atoms with E-state index < -0.39 is 11.9 Å².